The maximum Gasteiger partial charge on any atom is 0.268 e. The maximum absolute atomic E-state index is 14.0. The van der Waals surface area contributed by atoms with Gasteiger partial charge in [-0.15, -0.1) is 0 Å². The van der Waals surface area contributed by atoms with E-state index >= 15 is 0 Å². The third-order valence-corrected chi connectivity index (χ3v) is 14.2. The van der Waals surface area contributed by atoms with Crippen LogP contribution in [-0.2, 0) is 29.5 Å². The van der Waals surface area contributed by atoms with Gasteiger partial charge < -0.3 is 18.9 Å². The highest BCUT2D eigenvalue weighted by Crippen LogP contribution is 2.43. The van der Waals surface area contributed by atoms with Gasteiger partial charge in [0.05, 0.1) is 24.9 Å². The van der Waals surface area contributed by atoms with E-state index in [0.717, 1.165) is 105 Å². The average Bonchev–Trinajstić information content (AvgIpc) is 3.95. The van der Waals surface area contributed by atoms with E-state index in [2.05, 4.69) is 60.0 Å². The highest BCUT2D eigenvalue weighted by atomic mass is 35.5. The quantitative estimate of drug-likeness (QED) is 0.131. The number of sulfonamides is 1. The number of aliphatic imine (C=N–C) groups is 1. The summed E-state index contributed by atoms with van der Waals surface area (Å²) in [5, 5.41) is 0.764. The minimum absolute atomic E-state index is 0.0222. The summed E-state index contributed by atoms with van der Waals surface area (Å²) in [6.45, 7) is 10.5. The molecule has 1 atom stereocenters. The Morgan fingerprint density at radius 2 is 1.79 bits per heavy atom. The van der Waals surface area contributed by atoms with Crippen LogP contribution in [0, 0.1) is 11.3 Å². The van der Waals surface area contributed by atoms with Crippen molar-refractivity contribution in [2.24, 2.45) is 16.3 Å². The molecule has 1 saturated heterocycles. The number of piperazine rings is 1. The van der Waals surface area contributed by atoms with Gasteiger partial charge in [0.15, 0.2) is 0 Å². The number of hydrogen-bond acceptors (Lipinski definition) is 10. The number of amides is 1. The number of carbonyl (C=O) groups is 1. The van der Waals surface area contributed by atoms with Crippen molar-refractivity contribution >= 4 is 56.6 Å². The summed E-state index contributed by atoms with van der Waals surface area (Å²) in [6.07, 6.45) is 11.6. The Balaban J connectivity index is 0.904. The summed E-state index contributed by atoms with van der Waals surface area (Å²) < 4.78 is 44.1. The number of anilines is 1. The van der Waals surface area contributed by atoms with Gasteiger partial charge in [0, 0.05) is 92.6 Å². The number of benzene rings is 3. The van der Waals surface area contributed by atoms with Crippen LogP contribution in [-0.4, -0.2) is 79.3 Å². The van der Waals surface area contributed by atoms with Gasteiger partial charge >= 0.3 is 0 Å². The van der Waals surface area contributed by atoms with E-state index < -0.39 is 15.9 Å². The number of fused-ring (bicyclic) bond motifs is 2. The van der Waals surface area contributed by atoms with E-state index in [-0.39, 0.29) is 38.4 Å². The summed E-state index contributed by atoms with van der Waals surface area (Å²) in [7, 11) is -4.40. The Labute approximate surface area is 372 Å². The zero-order valence-corrected chi connectivity index (χ0v) is 37.1. The maximum atomic E-state index is 14.0. The van der Waals surface area contributed by atoms with Crippen molar-refractivity contribution in [3.8, 4) is 17.4 Å². The van der Waals surface area contributed by atoms with E-state index in [0.29, 0.717) is 18.9 Å². The fraction of sp³-hybridized carbons (Fsp3) is 0.362. The molecule has 2 aromatic heterocycles. The van der Waals surface area contributed by atoms with Crippen molar-refractivity contribution in [2.75, 3.05) is 44.2 Å². The third-order valence-electron chi connectivity index (χ3n) is 12.4. The van der Waals surface area contributed by atoms with Gasteiger partial charge in [-0.25, -0.2) is 23.1 Å². The molecule has 1 aliphatic carbocycles. The summed E-state index contributed by atoms with van der Waals surface area (Å²) in [5.41, 5.74) is 7.16. The Morgan fingerprint density at radius 3 is 2.60 bits per heavy atom. The van der Waals surface area contributed by atoms with Crippen LogP contribution in [0.2, 0.25) is 10.0 Å². The highest BCUT2D eigenvalue weighted by molar-refractivity contribution is 7.90. The summed E-state index contributed by atoms with van der Waals surface area (Å²) in [6, 6.07) is 20.4. The lowest BCUT2D eigenvalue weighted by Gasteiger charge is -2.39. The van der Waals surface area contributed by atoms with E-state index in [1.807, 2.05) is 48.7 Å². The standard InChI is InChI=1S/C47H49Cl2N7O5S/c1-47(2)15-14-34(39(24-47)32-7-9-35(48)10-8-32)29-54-18-20-55(21-19-54)36-11-12-38(43(22-36)61-42-5-3-4-33-25-50-27-40(33)42)45(57)53-62(58,59)37-23-41(49)46(52-26-37)60-30-31-6-13-44-51-16-17-56(44)28-31/h3-5,7-12,16-17,22-23,26-27,31H,6,13-15,18-21,24-25,28-30H2,1-2H3,(H,53,57). The summed E-state index contributed by atoms with van der Waals surface area (Å²) >= 11 is 12.8. The number of halogens is 2. The number of imidazole rings is 1. The molecule has 9 rings (SSSR count). The lowest BCUT2D eigenvalue weighted by Crippen LogP contribution is -2.47. The zero-order valence-electron chi connectivity index (χ0n) is 34.8. The molecular formula is C47H49Cl2N7O5S. The van der Waals surface area contributed by atoms with Crippen LogP contribution in [0.5, 0.6) is 17.4 Å². The number of ether oxygens (including phenoxy) is 2. The predicted octanol–water partition coefficient (Wildman–Crippen LogP) is 8.86. The number of aryl methyl sites for hydroxylation is 1. The van der Waals surface area contributed by atoms with Gasteiger partial charge in [-0.2, -0.15) is 0 Å². The van der Waals surface area contributed by atoms with E-state index in [1.165, 1.54) is 22.8 Å². The van der Waals surface area contributed by atoms with E-state index in [4.69, 9.17) is 32.7 Å². The van der Waals surface area contributed by atoms with Crippen molar-refractivity contribution in [2.45, 2.75) is 63.9 Å². The second kappa shape index (κ2) is 17.5. The molecule has 4 aliphatic rings. The first-order valence-corrected chi connectivity index (χ1v) is 23.3. The predicted molar refractivity (Wildman–Crippen MR) is 242 cm³/mol. The Kier molecular flexibility index (Phi) is 11.9. The highest BCUT2D eigenvalue weighted by Gasteiger charge is 2.31. The molecule has 3 aliphatic heterocycles. The first-order chi connectivity index (χ1) is 29.9. The van der Waals surface area contributed by atoms with Crippen LogP contribution < -0.4 is 19.1 Å². The van der Waals surface area contributed by atoms with Crippen molar-refractivity contribution < 1.29 is 22.7 Å². The molecule has 1 fully saturated rings. The molecule has 62 heavy (non-hydrogen) atoms. The molecule has 0 spiro atoms. The normalized spacial score (nSPS) is 18.6. The van der Waals surface area contributed by atoms with Crippen molar-refractivity contribution in [3.05, 3.63) is 129 Å². The lowest BCUT2D eigenvalue weighted by atomic mass is 9.72. The lowest BCUT2D eigenvalue weighted by molar-refractivity contribution is 0.0979. The number of nitrogens with zero attached hydrogens (tertiary/aromatic N) is 6. The zero-order chi connectivity index (χ0) is 43.0. The number of nitrogens with one attached hydrogen (secondary N) is 1. The van der Waals surface area contributed by atoms with Crippen LogP contribution in [0.3, 0.4) is 0 Å². The molecule has 322 valence electrons. The minimum atomic E-state index is -4.40. The van der Waals surface area contributed by atoms with Crippen LogP contribution in [0.15, 0.2) is 101 Å². The third kappa shape index (κ3) is 9.27. The van der Waals surface area contributed by atoms with Crippen LogP contribution in [0.1, 0.15) is 72.4 Å². The monoisotopic (exact) mass is 893 g/mol. The number of pyridine rings is 1. The summed E-state index contributed by atoms with van der Waals surface area (Å²) in [4.78, 5) is 31.5. The molecule has 1 N–H and O–H groups in total. The van der Waals surface area contributed by atoms with Crippen LogP contribution in [0.25, 0.3) is 5.57 Å². The van der Waals surface area contributed by atoms with E-state index in [1.54, 1.807) is 18.5 Å². The van der Waals surface area contributed by atoms with Crippen molar-refractivity contribution in [1.82, 2.24) is 24.2 Å². The van der Waals surface area contributed by atoms with Crippen molar-refractivity contribution in [1.29, 1.82) is 0 Å². The molecule has 0 saturated carbocycles. The van der Waals surface area contributed by atoms with E-state index in [9.17, 15) is 13.2 Å². The first kappa shape index (κ1) is 42.1. The molecular weight excluding hydrogens is 846 g/mol. The van der Waals surface area contributed by atoms with Crippen LogP contribution in [0.4, 0.5) is 5.69 Å². The molecule has 15 heteroatoms. The largest absolute Gasteiger partial charge is 0.476 e. The van der Waals surface area contributed by atoms with Gasteiger partial charge in [-0.3, -0.25) is 14.7 Å². The molecule has 3 aromatic carbocycles. The average molecular weight is 895 g/mol. The molecule has 0 bridgehead atoms. The molecule has 5 aromatic rings. The topological polar surface area (TPSA) is 131 Å². The Bertz CT molecular complexity index is 2670. The van der Waals surface area contributed by atoms with Gasteiger partial charge in [0.2, 0.25) is 5.88 Å². The smallest absolute Gasteiger partial charge is 0.268 e. The molecule has 12 nitrogen and oxygen atoms in total. The van der Waals surface area contributed by atoms with Crippen molar-refractivity contribution in [3.63, 3.8) is 0 Å². The first-order valence-electron chi connectivity index (χ1n) is 21.1. The Hall–Kier alpha value is -5.21. The van der Waals surface area contributed by atoms with Gasteiger partial charge in [-0.1, -0.05) is 66.9 Å². The molecule has 0 radical (unpaired) electrons. The molecule has 1 amide bonds. The second-order valence-corrected chi connectivity index (χ2v) is 19.9. The number of hydrogen-bond donors (Lipinski definition) is 1. The Morgan fingerprint density at radius 1 is 0.968 bits per heavy atom. The fourth-order valence-corrected chi connectivity index (χ4v) is 10.2. The van der Waals surface area contributed by atoms with Gasteiger partial charge in [-0.05, 0) is 84.2 Å². The van der Waals surface area contributed by atoms with Crippen LogP contribution >= 0.6 is 23.2 Å². The number of aromatic nitrogens is 3. The molecule has 1 unspecified atom stereocenters. The number of allylic oxidation sites excluding steroid dienone is 1. The fourth-order valence-electron chi connectivity index (χ4n) is 8.86. The number of rotatable bonds is 12. The SMILES string of the molecule is CC1(C)CCC(CN2CCN(c3ccc(C(=O)NS(=O)(=O)c4cnc(OCC5CCc6nccn6C5)c(Cl)c4)c(Oc4cccc5c4C=NC5)c3)CC2)=C(c2ccc(Cl)cc2)C1. The van der Waals surface area contributed by atoms with Gasteiger partial charge in [0.1, 0.15) is 27.2 Å². The van der Waals surface area contributed by atoms with Gasteiger partial charge in [0.25, 0.3) is 15.9 Å². The number of carbonyl (C=O) groups excluding carboxylic acids is 1. The summed E-state index contributed by atoms with van der Waals surface area (Å²) in [5.74, 6) is 1.28. The molecule has 5 heterocycles. The minimum Gasteiger partial charge on any atom is -0.476 e. The second-order valence-electron chi connectivity index (χ2n) is 17.4.